The van der Waals surface area contributed by atoms with Crippen molar-refractivity contribution < 1.29 is 18.7 Å². The highest BCUT2D eigenvalue weighted by Gasteiger charge is 2.26. The number of hydrogen-bond donors (Lipinski definition) is 1. The molecule has 0 bridgehead atoms. The Morgan fingerprint density at radius 3 is 2.63 bits per heavy atom. The molecular weight excluding hydrogens is 412 g/mol. The minimum absolute atomic E-state index is 0.0620. The van der Waals surface area contributed by atoms with Gasteiger partial charge in [-0.1, -0.05) is 18.2 Å². The highest BCUT2D eigenvalue weighted by molar-refractivity contribution is 7.97. The Hall–Kier alpha value is -2.72. The Labute approximate surface area is 177 Å². The van der Waals surface area contributed by atoms with Crippen LogP contribution >= 0.6 is 11.9 Å². The second kappa shape index (κ2) is 10.4. The number of alkyl halides is 1. The molecule has 1 amide bonds. The van der Waals surface area contributed by atoms with Gasteiger partial charge in [-0.15, -0.1) is 0 Å². The molecule has 160 valence electrons. The fourth-order valence-electron chi connectivity index (χ4n) is 2.94. The molecule has 0 saturated carbocycles. The number of carbonyl (C=O) groups excluding carboxylic acids is 1. The van der Waals surface area contributed by atoms with Crippen molar-refractivity contribution >= 4 is 17.9 Å². The summed E-state index contributed by atoms with van der Waals surface area (Å²) in [5, 5.41) is 17.5. The van der Waals surface area contributed by atoms with E-state index in [1.807, 2.05) is 13.1 Å². The largest absolute Gasteiger partial charge is 0.396 e. The molecule has 4 rings (SSSR count). The summed E-state index contributed by atoms with van der Waals surface area (Å²) in [6, 6.07) is 7.94. The molecular formula is C20H23F2N5O2S. The molecule has 2 aromatic heterocycles. The Kier molecular flexibility index (Phi) is 7.58. The fraction of sp³-hybridized carbons (Fsp3) is 0.350. The molecule has 0 fully saturated rings. The van der Waals surface area contributed by atoms with Crippen LogP contribution in [0.15, 0.2) is 47.6 Å². The minimum Gasteiger partial charge on any atom is -0.396 e. The van der Waals surface area contributed by atoms with Crippen molar-refractivity contribution in [2.45, 2.75) is 37.9 Å². The van der Waals surface area contributed by atoms with E-state index in [-0.39, 0.29) is 31.3 Å². The van der Waals surface area contributed by atoms with Gasteiger partial charge in [0.05, 0.1) is 42.2 Å². The van der Waals surface area contributed by atoms with Gasteiger partial charge in [-0.05, 0) is 19.1 Å². The summed E-state index contributed by atoms with van der Waals surface area (Å²) >= 11 is 1.42. The third kappa shape index (κ3) is 5.45. The van der Waals surface area contributed by atoms with Gasteiger partial charge in [0.25, 0.3) is 0 Å². The molecule has 3 aromatic rings. The summed E-state index contributed by atoms with van der Waals surface area (Å²) < 4.78 is 27.7. The number of hydrogen-bond acceptors (Lipinski definition) is 5. The van der Waals surface area contributed by atoms with E-state index < -0.39 is 6.67 Å². The molecule has 0 unspecified atom stereocenters. The molecule has 1 aromatic carbocycles. The van der Waals surface area contributed by atoms with Crippen LogP contribution in [0.25, 0.3) is 0 Å². The van der Waals surface area contributed by atoms with E-state index in [2.05, 4.69) is 10.2 Å². The molecule has 1 N–H and O–H groups in total. The van der Waals surface area contributed by atoms with Gasteiger partial charge in [-0.2, -0.15) is 10.2 Å². The summed E-state index contributed by atoms with van der Waals surface area (Å²) in [4.78, 5) is 14.4. The minimum atomic E-state index is -0.444. The second-order valence-electron chi connectivity index (χ2n) is 6.62. The molecule has 0 atom stereocenters. The van der Waals surface area contributed by atoms with Crippen LogP contribution in [0.1, 0.15) is 23.4 Å². The van der Waals surface area contributed by atoms with Crippen molar-refractivity contribution in [3.8, 4) is 0 Å². The second-order valence-corrected chi connectivity index (χ2v) is 7.62. The zero-order chi connectivity index (χ0) is 21.5. The molecule has 0 spiro atoms. The van der Waals surface area contributed by atoms with Gasteiger partial charge in [0, 0.05) is 36.7 Å². The monoisotopic (exact) mass is 435 g/mol. The van der Waals surface area contributed by atoms with Gasteiger partial charge in [0.1, 0.15) is 12.5 Å². The van der Waals surface area contributed by atoms with Crippen molar-refractivity contribution in [1.82, 2.24) is 23.9 Å². The fourth-order valence-corrected chi connectivity index (χ4v) is 3.80. The lowest BCUT2D eigenvalue weighted by molar-refractivity contribution is -0.132. The van der Waals surface area contributed by atoms with Gasteiger partial charge >= 0.3 is 0 Å². The summed E-state index contributed by atoms with van der Waals surface area (Å²) in [5.74, 6) is -0.240. The lowest BCUT2D eigenvalue weighted by Gasteiger charge is -2.14. The number of aliphatic hydroxyl groups is 1. The van der Waals surface area contributed by atoms with E-state index in [1.54, 1.807) is 38.1 Å². The number of aliphatic hydroxyl groups excluding tert-OH is 1. The maximum atomic E-state index is 12.4. The molecule has 10 heteroatoms. The van der Waals surface area contributed by atoms with Crippen molar-refractivity contribution in [1.29, 1.82) is 0 Å². The molecule has 0 saturated heterocycles. The van der Waals surface area contributed by atoms with Crippen LogP contribution in [0.2, 0.25) is 0 Å². The Morgan fingerprint density at radius 2 is 2.03 bits per heavy atom. The average molecular weight is 436 g/mol. The molecule has 7 nitrogen and oxygen atoms in total. The van der Waals surface area contributed by atoms with Gasteiger partial charge in [-0.3, -0.25) is 9.48 Å². The number of benzene rings is 1. The Balaban J connectivity index is 0.000000310. The first-order chi connectivity index (χ1) is 14.5. The normalized spacial score (nSPS) is 12.5. The van der Waals surface area contributed by atoms with E-state index in [9.17, 15) is 13.6 Å². The molecule has 1 aliphatic rings. The van der Waals surface area contributed by atoms with Crippen LogP contribution in [0, 0.1) is 12.7 Å². The average Bonchev–Trinajstić information content (AvgIpc) is 3.39. The summed E-state index contributed by atoms with van der Waals surface area (Å²) in [6.07, 6.45) is 3.75. The smallest absolute Gasteiger partial charge is 0.225 e. The quantitative estimate of drug-likeness (QED) is 0.644. The van der Waals surface area contributed by atoms with Crippen molar-refractivity contribution in [2.24, 2.45) is 0 Å². The first-order valence-electron chi connectivity index (χ1n) is 9.45. The highest BCUT2D eigenvalue weighted by Crippen LogP contribution is 2.28. The van der Waals surface area contributed by atoms with Crippen molar-refractivity contribution in [3.05, 3.63) is 65.5 Å². The van der Waals surface area contributed by atoms with E-state index in [0.29, 0.717) is 13.1 Å². The predicted molar refractivity (Wildman–Crippen MR) is 109 cm³/mol. The van der Waals surface area contributed by atoms with E-state index in [4.69, 9.17) is 5.11 Å². The molecule has 3 heterocycles. The third-order valence-corrected chi connectivity index (χ3v) is 5.49. The Bertz CT molecular complexity index is 953. The zero-order valence-electron chi connectivity index (χ0n) is 16.5. The lowest BCUT2D eigenvalue weighted by atomic mass is 10.3. The summed E-state index contributed by atoms with van der Waals surface area (Å²) in [6.45, 7) is 2.57. The number of halogens is 2. The van der Waals surface area contributed by atoms with Crippen LogP contribution in [-0.4, -0.2) is 48.2 Å². The molecule has 1 aliphatic heterocycles. The van der Waals surface area contributed by atoms with Gasteiger partial charge in [0.15, 0.2) is 0 Å². The number of rotatable bonds is 6. The molecule has 30 heavy (non-hydrogen) atoms. The SMILES string of the molecule is Cc1c(Sn2cc3c(n2)CN(C(=O)CCO)C3)cnn1CCF.Fc1ccccc1. The van der Waals surface area contributed by atoms with Gasteiger partial charge in [-0.25, -0.2) is 12.9 Å². The number of nitrogens with zero attached hydrogens (tertiary/aromatic N) is 5. The van der Waals surface area contributed by atoms with Gasteiger partial charge < -0.3 is 10.0 Å². The Morgan fingerprint density at radius 1 is 1.27 bits per heavy atom. The molecule has 0 radical (unpaired) electrons. The molecule has 0 aliphatic carbocycles. The first kappa shape index (κ1) is 22.0. The van der Waals surface area contributed by atoms with E-state index in [1.165, 1.54) is 24.1 Å². The van der Waals surface area contributed by atoms with Crippen LogP contribution in [0.4, 0.5) is 8.78 Å². The van der Waals surface area contributed by atoms with Gasteiger partial charge in [0.2, 0.25) is 5.91 Å². The summed E-state index contributed by atoms with van der Waals surface area (Å²) in [7, 11) is 0. The van der Waals surface area contributed by atoms with E-state index >= 15 is 0 Å². The number of amides is 1. The van der Waals surface area contributed by atoms with Crippen molar-refractivity contribution in [2.75, 3.05) is 13.3 Å². The number of fused-ring (bicyclic) bond motifs is 1. The first-order valence-corrected chi connectivity index (χ1v) is 10.2. The van der Waals surface area contributed by atoms with E-state index in [0.717, 1.165) is 21.8 Å². The highest BCUT2D eigenvalue weighted by atomic mass is 32.2. The maximum absolute atomic E-state index is 12.4. The lowest BCUT2D eigenvalue weighted by Crippen LogP contribution is -2.26. The predicted octanol–water partition coefficient (Wildman–Crippen LogP) is 2.96. The topological polar surface area (TPSA) is 76.2 Å². The van der Waals surface area contributed by atoms with Crippen LogP contribution < -0.4 is 0 Å². The van der Waals surface area contributed by atoms with Crippen LogP contribution in [0.5, 0.6) is 0 Å². The van der Waals surface area contributed by atoms with Crippen LogP contribution in [-0.2, 0) is 24.4 Å². The number of aromatic nitrogens is 4. The third-order valence-electron chi connectivity index (χ3n) is 4.52. The van der Waals surface area contributed by atoms with Crippen LogP contribution in [0.3, 0.4) is 0 Å². The maximum Gasteiger partial charge on any atom is 0.225 e. The summed E-state index contributed by atoms with van der Waals surface area (Å²) in [5.41, 5.74) is 2.79. The van der Waals surface area contributed by atoms with Crippen molar-refractivity contribution in [3.63, 3.8) is 0 Å². The standard InChI is InChI=1S/C14H18FN5O2S.C6H5F/c1-10-13(6-16-19(10)4-3-15)23-20-8-11-7-18(9-12(11)17-20)14(22)2-5-21;7-6-4-2-1-3-5-6/h6,8,21H,2-5,7,9H2,1H3;1-5H. The number of aryl methyl sites for hydroxylation is 1. The number of carbonyl (C=O) groups is 1. The zero-order valence-corrected chi connectivity index (χ0v) is 17.4.